The largest absolute Gasteiger partial charge is 0.492 e. The third-order valence-electron chi connectivity index (χ3n) is 2.51. The van der Waals surface area contributed by atoms with E-state index in [0.717, 1.165) is 5.56 Å². The fraction of sp³-hybridized carbons (Fsp3) is 0.455. The molecule has 0 amide bonds. The molecule has 5 nitrogen and oxygen atoms in total. The molecule has 5 heteroatoms. The lowest BCUT2D eigenvalue weighted by atomic mass is 10.00. The van der Waals surface area contributed by atoms with Crippen LogP contribution in [0, 0.1) is 0 Å². The van der Waals surface area contributed by atoms with Crippen LogP contribution in [0.25, 0.3) is 0 Å². The van der Waals surface area contributed by atoms with E-state index in [0.29, 0.717) is 19.0 Å². The predicted molar refractivity (Wildman–Crippen MR) is 56.5 cm³/mol. The van der Waals surface area contributed by atoms with Gasteiger partial charge in [-0.25, -0.2) is 0 Å². The van der Waals surface area contributed by atoms with Crippen molar-refractivity contribution in [3.63, 3.8) is 0 Å². The van der Waals surface area contributed by atoms with Crippen molar-refractivity contribution in [3.05, 3.63) is 28.2 Å². The van der Waals surface area contributed by atoms with Gasteiger partial charge in [0.25, 0.3) is 5.56 Å². The van der Waals surface area contributed by atoms with Crippen molar-refractivity contribution in [2.75, 3.05) is 13.2 Å². The van der Waals surface area contributed by atoms with Crippen LogP contribution in [0.15, 0.2) is 17.1 Å². The summed E-state index contributed by atoms with van der Waals surface area (Å²) in [5.41, 5.74) is 0.670. The first kappa shape index (κ1) is 10.7. The molecular weight excluding hydrogens is 210 g/mol. The van der Waals surface area contributed by atoms with Crippen LogP contribution in [-0.4, -0.2) is 24.2 Å². The Balaban J connectivity index is 2.12. The van der Waals surface area contributed by atoms with Gasteiger partial charge in [0.1, 0.15) is 5.75 Å². The second-order valence-corrected chi connectivity index (χ2v) is 3.63. The standard InChI is InChI=1S/C11H13NO4/c1-2-15-11(14)3-7-6-16-9-4-10(13)12-5-8(7)9/h4-5,7H,2-3,6H2,1H3,(H,12,13). The number of pyridine rings is 1. The molecule has 86 valence electrons. The summed E-state index contributed by atoms with van der Waals surface area (Å²) in [6.07, 6.45) is 1.89. The van der Waals surface area contributed by atoms with Gasteiger partial charge in [-0.2, -0.15) is 0 Å². The molecular formula is C11H13NO4. The number of esters is 1. The lowest BCUT2D eigenvalue weighted by molar-refractivity contribution is -0.143. The zero-order valence-electron chi connectivity index (χ0n) is 8.99. The molecule has 1 atom stereocenters. The normalized spacial score (nSPS) is 17.7. The van der Waals surface area contributed by atoms with E-state index in [-0.39, 0.29) is 23.9 Å². The summed E-state index contributed by atoms with van der Waals surface area (Å²) in [5, 5.41) is 0. The molecule has 0 fully saturated rings. The van der Waals surface area contributed by atoms with Gasteiger partial charge in [-0.3, -0.25) is 9.59 Å². The second kappa shape index (κ2) is 4.38. The Morgan fingerprint density at radius 3 is 3.25 bits per heavy atom. The van der Waals surface area contributed by atoms with Crippen molar-refractivity contribution in [2.45, 2.75) is 19.3 Å². The van der Waals surface area contributed by atoms with Crippen LogP contribution in [0.2, 0.25) is 0 Å². The van der Waals surface area contributed by atoms with Gasteiger partial charge in [0.05, 0.1) is 19.6 Å². The van der Waals surface area contributed by atoms with Crippen LogP contribution >= 0.6 is 0 Å². The number of ether oxygens (including phenoxy) is 2. The van der Waals surface area contributed by atoms with Crippen LogP contribution in [0.3, 0.4) is 0 Å². The van der Waals surface area contributed by atoms with Gasteiger partial charge in [-0.05, 0) is 6.92 Å². The summed E-state index contributed by atoms with van der Waals surface area (Å²) in [6.45, 7) is 2.57. The highest BCUT2D eigenvalue weighted by molar-refractivity contribution is 5.71. The minimum absolute atomic E-state index is 0.0223. The smallest absolute Gasteiger partial charge is 0.306 e. The minimum Gasteiger partial charge on any atom is -0.492 e. The molecule has 1 aliphatic heterocycles. The molecule has 1 aliphatic rings. The molecule has 0 aliphatic carbocycles. The van der Waals surface area contributed by atoms with E-state index in [2.05, 4.69) is 4.98 Å². The first-order valence-electron chi connectivity index (χ1n) is 5.21. The van der Waals surface area contributed by atoms with Gasteiger partial charge < -0.3 is 14.5 Å². The fourth-order valence-corrected chi connectivity index (χ4v) is 1.78. The molecule has 1 aromatic rings. The molecule has 1 aromatic heterocycles. The molecule has 16 heavy (non-hydrogen) atoms. The molecule has 2 rings (SSSR count). The Morgan fingerprint density at radius 1 is 1.69 bits per heavy atom. The lowest BCUT2D eigenvalue weighted by Gasteiger charge is -2.07. The van der Waals surface area contributed by atoms with Crippen LogP contribution in [-0.2, 0) is 9.53 Å². The molecule has 1 N–H and O–H groups in total. The zero-order chi connectivity index (χ0) is 11.5. The highest BCUT2D eigenvalue weighted by atomic mass is 16.5. The maximum Gasteiger partial charge on any atom is 0.306 e. The molecule has 0 spiro atoms. The van der Waals surface area contributed by atoms with Crippen LogP contribution in [0.1, 0.15) is 24.8 Å². The van der Waals surface area contributed by atoms with E-state index in [1.807, 2.05) is 0 Å². The number of hydrogen-bond acceptors (Lipinski definition) is 4. The zero-order valence-corrected chi connectivity index (χ0v) is 8.99. The van der Waals surface area contributed by atoms with Gasteiger partial charge in [0.15, 0.2) is 0 Å². The van der Waals surface area contributed by atoms with Crippen LogP contribution in [0.5, 0.6) is 5.75 Å². The lowest BCUT2D eigenvalue weighted by Crippen LogP contribution is -2.11. The van der Waals surface area contributed by atoms with Crippen molar-refractivity contribution in [1.82, 2.24) is 4.98 Å². The van der Waals surface area contributed by atoms with Crippen molar-refractivity contribution < 1.29 is 14.3 Å². The second-order valence-electron chi connectivity index (χ2n) is 3.63. The van der Waals surface area contributed by atoms with Crippen molar-refractivity contribution in [1.29, 1.82) is 0 Å². The maximum absolute atomic E-state index is 11.3. The van der Waals surface area contributed by atoms with Crippen LogP contribution < -0.4 is 10.3 Å². The predicted octanol–water partition coefficient (Wildman–Crippen LogP) is 0.804. The average Bonchev–Trinajstić information content (AvgIpc) is 2.61. The van der Waals surface area contributed by atoms with E-state index < -0.39 is 0 Å². The molecule has 0 aromatic carbocycles. The molecule has 0 radical (unpaired) electrons. The summed E-state index contributed by atoms with van der Waals surface area (Å²) in [6, 6.07) is 1.40. The fourth-order valence-electron chi connectivity index (χ4n) is 1.78. The number of fused-ring (bicyclic) bond motifs is 1. The number of nitrogens with one attached hydrogen (secondary N) is 1. The SMILES string of the molecule is CCOC(=O)CC1COc2cc(=O)[nH]cc21. The van der Waals surface area contributed by atoms with Crippen molar-refractivity contribution in [2.24, 2.45) is 0 Å². The summed E-state index contributed by atoms with van der Waals surface area (Å²) >= 11 is 0. The third-order valence-corrected chi connectivity index (χ3v) is 2.51. The van der Waals surface area contributed by atoms with Crippen molar-refractivity contribution in [3.8, 4) is 5.75 Å². The topological polar surface area (TPSA) is 68.4 Å². The summed E-state index contributed by atoms with van der Waals surface area (Å²) in [4.78, 5) is 24.9. The van der Waals surface area contributed by atoms with Crippen molar-refractivity contribution >= 4 is 5.97 Å². The summed E-state index contributed by atoms with van der Waals surface area (Å²) < 4.78 is 10.2. The number of carbonyl (C=O) groups is 1. The Labute approximate surface area is 92.4 Å². The number of aromatic nitrogens is 1. The van der Waals surface area contributed by atoms with E-state index >= 15 is 0 Å². The highest BCUT2D eigenvalue weighted by Gasteiger charge is 2.27. The van der Waals surface area contributed by atoms with Gasteiger partial charge in [-0.1, -0.05) is 0 Å². The first-order chi connectivity index (χ1) is 7.70. The molecule has 0 saturated heterocycles. The first-order valence-corrected chi connectivity index (χ1v) is 5.21. The number of H-pyrrole nitrogens is 1. The Hall–Kier alpha value is -1.78. The van der Waals surface area contributed by atoms with Gasteiger partial charge in [0.2, 0.25) is 0 Å². The number of hydrogen-bond donors (Lipinski definition) is 1. The highest BCUT2D eigenvalue weighted by Crippen LogP contribution is 2.34. The minimum atomic E-state index is -0.241. The number of aromatic amines is 1. The van der Waals surface area contributed by atoms with Gasteiger partial charge >= 0.3 is 5.97 Å². The quantitative estimate of drug-likeness (QED) is 0.770. The summed E-state index contributed by atoms with van der Waals surface area (Å²) in [5.74, 6) is 0.305. The number of rotatable bonds is 3. The maximum atomic E-state index is 11.3. The van der Waals surface area contributed by atoms with E-state index in [1.165, 1.54) is 6.07 Å². The van der Waals surface area contributed by atoms with E-state index in [9.17, 15) is 9.59 Å². The average molecular weight is 223 g/mol. The van der Waals surface area contributed by atoms with Crippen LogP contribution in [0.4, 0.5) is 0 Å². The van der Waals surface area contributed by atoms with Gasteiger partial charge in [-0.15, -0.1) is 0 Å². The number of carbonyl (C=O) groups excluding carboxylic acids is 1. The van der Waals surface area contributed by atoms with E-state index in [1.54, 1.807) is 13.1 Å². The Kier molecular flexibility index (Phi) is 2.94. The third kappa shape index (κ3) is 2.08. The Bertz CT molecular complexity index is 452. The summed E-state index contributed by atoms with van der Waals surface area (Å²) in [7, 11) is 0. The monoisotopic (exact) mass is 223 g/mol. The molecule has 1 unspecified atom stereocenters. The van der Waals surface area contributed by atoms with E-state index in [4.69, 9.17) is 9.47 Å². The molecule has 2 heterocycles. The molecule has 0 bridgehead atoms. The molecule has 0 saturated carbocycles. The Morgan fingerprint density at radius 2 is 2.50 bits per heavy atom. The van der Waals surface area contributed by atoms with Gasteiger partial charge in [0, 0.05) is 23.7 Å².